The Labute approximate surface area is 116 Å². The summed E-state index contributed by atoms with van der Waals surface area (Å²) in [6.45, 7) is 6.75. The van der Waals surface area contributed by atoms with Gasteiger partial charge in [0.2, 0.25) is 0 Å². The predicted octanol–water partition coefficient (Wildman–Crippen LogP) is 2.43. The van der Waals surface area contributed by atoms with E-state index >= 15 is 0 Å². The van der Waals surface area contributed by atoms with Gasteiger partial charge >= 0.3 is 0 Å². The number of rotatable bonds is 10. The summed E-state index contributed by atoms with van der Waals surface area (Å²) >= 11 is 0. The number of hydrogen-bond acceptors (Lipinski definition) is 4. The topological polar surface area (TPSA) is 54.4 Å². The summed E-state index contributed by atoms with van der Waals surface area (Å²) in [5.41, 5.74) is 2.00. The fraction of sp³-hybridized carbons (Fsp3) is 0.667. The average molecular weight is 266 g/mol. The Morgan fingerprint density at radius 3 is 2.74 bits per heavy atom. The Bertz CT molecular complexity index is 356. The molecule has 2 N–H and O–H groups in total. The summed E-state index contributed by atoms with van der Waals surface area (Å²) in [5, 5.41) is 12.0. The van der Waals surface area contributed by atoms with Crippen LogP contribution in [0.5, 0.6) is 5.75 Å². The molecule has 0 aliphatic heterocycles. The number of ether oxygens (including phenoxy) is 1. The van der Waals surface area contributed by atoms with Crippen molar-refractivity contribution >= 4 is 0 Å². The molecule has 0 saturated carbocycles. The summed E-state index contributed by atoms with van der Waals surface area (Å²) in [6, 6.07) is 3.99. The van der Waals surface area contributed by atoms with Crippen molar-refractivity contribution in [2.45, 2.75) is 46.1 Å². The number of nitrogens with zero attached hydrogens (tertiary/aromatic N) is 1. The normalized spacial score (nSPS) is 10.7. The van der Waals surface area contributed by atoms with Gasteiger partial charge in [-0.25, -0.2) is 0 Å². The van der Waals surface area contributed by atoms with Crippen LogP contribution in [0.25, 0.3) is 0 Å². The monoisotopic (exact) mass is 266 g/mol. The zero-order valence-corrected chi connectivity index (χ0v) is 12.1. The highest BCUT2D eigenvalue weighted by Crippen LogP contribution is 2.17. The van der Waals surface area contributed by atoms with Gasteiger partial charge < -0.3 is 15.2 Å². The smallest absolute Gasteiger partial charge is 0.142 e. The van der Waals surface area contributed by atoms with E-state index in [4.69, 9.17) is 9.84 Å². The van der Waals surface area contributed by atoms with Gasteiger partial charge in [-0.3, -0.25) is 4.98 Å². The molecule has 1 aromatic heterocycles. The maximum Gasteiger partial charge on any atom is 0.142 e. The largest absolute Gasteiger partial charge is 0.492 e. The molecule has 4 nitrogen and oxygen atoms in total. The summed E-state index contributed by atoms with van der Waals surface area (Å²) in [5.74, 6) is 0.883. The van der Waals surface area contributed by atoms with Crippen LogP contribution in [-0.2, 0) is 6.54 Å². The van der Waals surface area contributed by atoms with E-state index < -0.39 is 0 Å². The molecular formula is C15H26N2O2. The van der Waals surface area contributed by atoms with Crippen LogP contribution < -0.4 is 10.1 Å². The highest BCUT2D eigenvalue weighted by molar-refractivity contribution is 5.29. The quantitative estimate of drug-likeness (QED) is 0.639. The third kappa shape index (κ3) is 6.55. The molecule has 1 aromatic rings. The van der Waals surface area contributed by atoms with Crippen LogP contribution in [0.4, 0.5) is 0 Å². The molecule has 108 valence electrons. The van der Waals surface area contributed by atoms with Gasteiger partial charge in [0.05, 0.1) is 12.3 Å². The minimum Gasteiger partial charge on any atom is -0.492 e. The van der Waals surface area contributed by atoms with E-state index in [2.05, 4.69) is 17.2 Å². The minimum atomic E-state index is 0.287. The summed E-state index contributed by atoms with van der Waals surface area (Å²) in [6.07, 6.45) is 4.07. The van der Waals surface area contributed by atoms with E-state index in [0.717, 1.165) is 62.5 Å². The summed E-state index contributed by atoms with van der Waals surface area (Å²) in [7, 11) is 0. The van der Waals surface area contributed by atoms with Crippen LogP contribution in [0.3, 0.4) is 0 Å². The van der Waals surface area contributed by atoms with Crippen LogP contribution in [0.2, 0.25) is 0 Å². The standard InChI is InChI=1S/C15H26N2O2/c1-3-16-12-14-15(9-8-13(2)17-14)19-11-7-5-4-6-10-18/h8-9,16,18H,3-7,10-12H2,1-2H3. The number of aromatic nitrogens is 1. The maximum absolute atomic E-state index is 8.70. The second-order valence-electron chi connectivity index (χ2n) is 4.66. The van der Waals surface area contributed by atoms with E-state index in [1.54, 1.807) is 0 Å². The highest BCUT2D eigenvalue weighted by Gasteiger charge is 2.05. The van der Waals surface area contributed by atoms with E-state index in [0.29, 0.717) is 0 Å². The van der Waals surface area contributed by atoms with Gasteiger partial charge in [0.25, 0.3) is 0 Å². The molecule has 0 spiro atoms. The van der Waals surface area contributed by atoms with Crippen molar-refractivity contribution in [2.75, 3.05) is 19.8 Å². The highest BCUT2D eigenvalue weighted by atomic mass is 16.5. The fourth-order valence-corrected chi connectivity index (χ4v) is 1.85. The van der Waals surface area contributed by atoms with Crippen LogP contribution in [0, 0.1) is 6.92 Å². The van der Waals surface area contributed by atoms with Gasteiger partial charge in [0, 0.05) is 18.8 Å². The molecule has 0 aliphatic carbocycles. The van der Waals surface area contributed by atoms with E-state index in [1.165, 1.54) is 0 Å². The first-order valence-corrected chi connectivity index (χ1v) is 7.18. The average Bonchev–Trinajstić information content (AvgIpc) is 2.42. The van der Waals surface area contributed by atoms with Crippen LogP contribution in [0.1, 0.15) is 44.0 Å². The Morgan fingerprint density at radius 2 is 2.00 bits per heavy atom. The van der Waals surface area contributed by atoms with E-state index in [9.17, 15) is 0 Å². The second-order valence-corrected chi connectivity index (χ2v) is 4.66. The number of nitrogens with one attached hydrogen (secondary N) is 1. The third-order valence-electron chi connectivity index (χ3n) is 2.92. The lowest BCUT2D eigenvalue weighted by atomic mass is 10.2. The molecule has 0 unspecified atom stereocenters. The van der Waals surface area contributed by atoms with Crippen molar-refractivity contribution in [3.05, 3.63) is 23.5 Å². The minimum absolute atomic E-state index is 0.287. The Kier molecular flexibility index (Phi) is 8.18. The molecule has 19 heavy (non-hydrogen) atoms. The lowest BCUT2D eigenvalue weighted by Gasteiger charge is -2.11. The van der Waals surface area contributed by atoms with Gasteiger partial charge in [0.15, 0.2) is 0 Å². The van der Waals surface area contributed by atoms with Crippen molar-refractivity contribution in [1.82, 2.24) is 10.3 Å². The zero-order chi connectivity index (χ0) is 13.9. The second kappa shape index (κ2) is 9.75. The molecule has 0 aliphatic rings. The van der Waals surface area contributed by atoms with Crippen molar-refractivity contribution in [2.24, 2.45) is 0 Å². The van der Waals surface area contributed by atoms with Gasteiger partial charge in [0.1, 0.15) is 5.75 Å². The van der Waals surface area contributed by atoms with Crippen LogP contribution in [0.15, 0.2) is 12.1 Å². The third-order valence-corrected chi connectivity index (χ3v) is 2.92. The number of pyridine rings is 1. The molecule has 0 amide bonds. The Morgan fingerprint density at radius 1 is 1.21 bits per heavy atom. The first-order valence-electron chi connectivity index (χ1n) is 7.18. The van der Waals surface area contributed by atoms with Gasteiger partial charge in [-0.15, -0.1) is 0 Å². The SMILES string of the molecule is CCNCc1nc(C)ccc1OCCCCCCO. The molecule has 0 atom stereocenters. The number of aryl methyl sites for hydroxylation is 1. The lowest BCUT2D eigenvalue weighted by Crippen LogP contribution is -2.14. The van der Waals surface area contributed by atoms with Gasteiger partial charge in [-0.1, -0.05) is 13.3 Å². The molecule has 4 heteroatoms. The number of aliphatic hydroxyl groups is 1. The Hall–Kier alpha value is -1.13. The fourth-order valence-electron chi connectivity index (χ4n) is 1.85. The molecule has 1 heterocycles. The maximum atomic E-state index is 8.70. The molecule has 0 saturated heterocycles. The van der Waals surface area contributed by atoms with Gasteiger partial charge in [-0.05, 0) is 44.9 Å². The van der Waals surface area contributed by atoms with Gasteiger partial charge in [-0.2, -0.15) is 0 Å². The molecule has 1 rings (SSSR count). The first-order chi connectivity index (χ1) is 9.27. The van der Waals surface area contributed by atoms with Crippen LogP contribution in [-0.4, -0.2) is 29.8 Å². The lowest BCUT2D eigenvalue weighted by molar-refractivity contribution is 0.272. The number of unbranched alkanes of at least 4 members (excludes halogenated alkanes) is 3. The van der Waals surface area contributed by atoms with Crippen molar-refractivity contribution < 1.29 is 9.84 Å². The zero-order valence-electron chi connectivity index (χ0n) is 12.1. The predicted molar refractivity (Wildman–Crippen MR) is 77.4 cm³/mol. The van der Waals surface area contributed by atoms with E-state index in [1.807, 2.05) is 19.1 Å². The van der Waals surface area contributed by atoms with Crippen molar-refractivity contribution in [1.29, 1.82) is 0 Å². The van der Waals surface area contributed by atoms with Crippen molar-refractivity contribution in [3.63, 3.8) is 0 Å². The molecule has 0 bridgehead atoms. The van der Waals surface area contributed by atoms with E-state index in [-0.39, 0.29) is 6.61 Å². The molecular weight excluding hydrogens is 240 g/mol. The molecule has 0 fully saturated rings. The summed E-state index contributed by atoms with van der Waals surface area (Å²) in [4.78, 5) is 4.52. The molecule has 0 aromatic carbocycles. The number of aliphatic hydroxyl groups excluding tert-OH is 1. The Balaban J connectivity index is 2.38. The number of hydrogen-bond donors (Lipinski definition) is 2. The van der Waals surface area contributed by atoms with Crippen molar-refractivity contribution in [3.8, 4) is 5.75 Å². The van der Waals surface area contributed by atoms with Crippen LogP contribution >= 0.6 is 0 Å². The first kappa shape index (κ1) is 15.9. The molecule has 0 radical (unpaired) electrons. The summed E-state index contributed by atoms with van der Waals surface area (Å²) < 4.78 is 5.80.